The van der Waals surface area contributed by atoms with Gasteiger partial charge < -0.3 is 4.74 Å². The van der Waals surface area contributed by atoms with Gasteiger partial charge in [0.15, 0.2) is 0 Å². The van der Waals surface area contributed by atoms with Crippen LogP contribution in [0.4, 0.5) is 0 Å². The molecule has 0 rings (SSSR count). The van der Waals surface area contributed by atoms with E-state index in [4.69, 9.17) is 10.00 Å². The maximum Gasteiger partial charge on any atom is 0.286 e. The molecule has 0 saturated carbocycles. The molecule has 2 nitrogen and oxygen atoms in total. The van der Waals surface area contributed by atoms with Crippen LogP contribution in [0, 0.1) is 11.5 Å². The molecule has 0 aliphatic heterocycles. The van der Waals surface area contributed by atoms with Crippen LogP contribution in [-0.4, -0.2) is 17.1 Å². The molecule has 0 aliphatic carbocycles. The summed E-state index contributed by atoms with van der Waals surface area (Å²) in [5.74, 6) is 0. The molecule has 15 heavy (non-hydrogen) atoms. The highest BCUT2D eigenvalue weighted by atomic mass is 32.2. The van der Waals surface area contributed by atoms with Crippen LogP contribution in [0.2, 0.25) is 0 Å². The molecule has 88 valence electrons. The number of nitrogens with zero attached hydrogens (tertiary/aromatic N) is 1. The number of hydrogen-bond acceptors (Lipinski definition) is 3. The van der Waals surface area contributed by atoms with Gasteiger partial charge in [0.05, 0.1) is 0 Å². The van der Waals surface area contributed by atoms with E-state index < -0.39 is 0 Å². The Labute approximate surface area is 98.4 Å². The van der Waals surface area contributed by atoms with Gasteiger partial charge in [-0.2, -0.15) is 17.0 Å². The molecular weight excluding hydrogens is 206 g/mol. The lowest BCUT2D eigenvalue weighted by atomic mass is 9.87. The van der Waals surface area contributed by atoms with Gasteiger partial charge >= 0.3 is 0 Å². The first-order chi connectivity index (χ1) is 7.20. The van der Waals surface area contributed by atoms with Crippen LogP contribution in [0.5, 0.6) is 0 Å². The summed E-state index contributed by atoms with van der Waals surface area (Å²) in [6.45, 7) is 6.47. The van der Waals surface area contributed by atoms with E-state index in [-0.39, 0.29) is 5.60 Å². The quantitative estimate of drug-likeness (QED) is 0.590. The Morgan fingerprint density at radius 1 is 1.27 bits per heavy atom. The molecule has 0 fully saturated rings. The SMILES string of the molecule is CCCC(CCC)(OC#N)C(CC)SC. The predicted octanol–water partition coefficient (Wildman–Crippen LogP) is 3.96. The standard InChI is InChI=1S/C12H23NOS/c1-5-8-12(9-6-2,14-10-13)11(7-3)15-4/h11H,5-9H2,1-4H3. The van der Waals surface area contributed by atoms with Gasteiger partial charge in [-0.05, 0) is 25.5 Å². The number of ether oxygens (including phenoxy) is 1. The summed E-state index contributed by atoms with van der Waals surface area (Å²) in [4.78, 5) is 0. The average Bonchev–Trinajstić information content (AvgIpc) is 2.20. The third-order valence-electron chi connectivity index (χ3n) is 2.84. The minimum Gasteiger partial charge on any atom is -0.420 e. The second-order valence-corrected chi connectivity index (χ2v) is 4.93. The second kappa shape index (κ2) is 7.87. The summed E-state index contributed by atoms with van der Waals surface area (Å²) < 4.78 is 5.44. The molecule has 0 bridgehead atoms. The van der Waals surface area contributed by atoms with Crippen LogP contribution in [0.15, 0.2) is 0 Å². The molecule has 0 aliphatic rings. The topological polar surface area (TPSA) is 33.0 Å². The fourth-order valence-corrected chi connectivity index (χ4v) is 3.35. The van der Waals surface area contributed by atoms with Crippen LogP contribution in [0.1, 0.15) is 52.9 Å². The summed E-state index contributed by atoms with van der Waals surface area (Å²) in [7, 11) is 0. The van der Waals surface area contributed by atoms with Crippen molar-refractivity contribution >= 4 is 11.8 Å². The Hall–Kier alpha value is -0.360. The number of thioether (sulfide) groups is 1. The minimum atomic E-state index is -0.230. The molecule has 3 heteroatoms. The zero-order chi connectivity index (χ0) is 11.7. The molecule has 1 atom stereocenters. The van der Waals surface area contributed by atoms with Crippen molar-refractivity contribution in [1.29, 1.82) is 5.26 Å². The molecule has 0 saturated heterocycles. The van der Waals surface area contributed by atoms with Crippen molar-refractivity contribution in [3.05, 3.63) is 0 Å². The maximum atomic E-state index is 8.81. The van der Waals surface area contributed by atoms with Crippen LogP contribution in [0.3, 0.4) is 0 Å². The smallest absolute Gasteiger partial charge is 0.286 e. The molecule has 0 aromatic rings. The van der Waals surface area contributed by atoms with Crippen molar-refractivity contribution < 1.29 is 4.74 Å². The molecule has 0 aromatic carbocycles. The van der Waals surface area contributed by atoms with E-state index in [1.807, 2.05) is 18.0 Å². The van der Waals surface area contributed by atoms with Crippen molar-refractivity contribution in [2.24, 2.45) is 0 Å². The van der Waals surface area contributed by atoms with Gasteiger partial charge in [-0.3, -0.25) is 0 Å². The van der Waals surface area contributed by atoms with Crippen LogP contribution < -0.4 is 0 Å². The third-order valence-corrected chi connectivity index (χ3v) is 4.17. The lowest BCUT2D eigenvalue weighted by Crippen LogP contribution is -2.41. The summed E-state index contributed by atoms with van der Waals surface area (Å²) in [6, 6.07) is 0. The van der Waals surface area contributed by atoms with Crippen LogP contribution in [-0.2, 0) is 4.74 Å². The largest absolute Gasteiger partial charge is 0.420 e. The normalized spacial score (nSPS) is 13.3. The van der Waals surface area contributed by atoms with E-state index in [9.17, 15) is 0 Å². The Morgan fingerprint density at radius 3 is 2.07 bits per heavy atom. The van der Waals surface area contributed by atoms with Crippen molar-refractivity contribution in [1.82, 2.24) is 0 Å². The first-order valence-corrected chi connectivity index (χ1v) is 7.09. The first kappa shape index (κ1) is 14.6. The Kier molecular flexibility index (Phi) is 7.68. The first-order valence-electron chi connectivity index (χ1n) is 5.80. The molecule has 0 radical (unpaired) electrons. The lowest BCUT2D eigenvalue weighted by Gasteiger charge is -2.36. The number of hydrogen-bond donors (Lipinski definition) is 0. The summed E-state index contributed by atoms with van der Waals surface area (Å²) >= 11 is 1.82. The molecule has 1 unspecified atom stereocenters. The highest BCUT2D eigenvalue weighted by Crippen LogP contribution is 2.36. The van der Waals surface area contributed by atoms with Gasteiger partial charge in [-0.15, -0.1) is 0 Å². The zero-order valence-corrected chi connectivity index (χ0v) is 11.2. The third kappa shape index (κ3) is 3.95. The van der Waals surface area contributed by atoms with E-state index in [2.05, 4.69) is 27.0 Å². The van der Waals surface area contributed by atoms with E-state index in [0.29, 0.717) is 5.25 Å². The Balaban J connectivity index is 4.81. The second-order valence-electron chi connectivity index (χ2n) is 3.89. The summed E-state index contributed by atoms with van der Waals surface area (Å²) in [5.41, 5.74) is -0.230. The van der Waals surface area contributed by atoms with E-state index in [1.165, 1.54) is 0 Å². The van der Waals surface area contributed by atoms with Crippen LogP contribution >= 0.6 is 11.8 Å². The molecule has 0 amide bonds. The zero-order valence-electron chi connectivity index (χ0n) is 10.4. The molecule has 0 heterocycles. The lowest BCUT2D eigenvalue weighted by molar-refractivity contribution is 0.0137. The fourth-order valence-electron chi connectivity index (χ4n) is 2.31. The van der Waals surface area contributed by atoms with Gasteiger partial charge in [-0.1, -0.05) is 33.6 Å². The molecule has 0 N–H and O–H groups in total. The molecular formula is C12H23NOS. The average molecular weight is 229 g/mol. The molecule has 0 spiro atoms. The van der Waals surface area contributed by atoms with Gasteiger partial charge in [0.1, 0.15) is 5.60 Å². The van der Waals surface area contributed by atoms with Crippen molar-refractivity contribution in [3.8, 4) is 6.26 Å². The highest BCUT2D eigenvalue weighted by molar-refractivity contribution is 7.99. The van der Waals surface area contributed by atoms with Crippen molar-refractivity contribution in [2.75, 3.05) is 6.26 Å². The van der Waals surface area contributed by atoms with Crippen molar-refractivity contribution in [3.63, 3.8) is 0 Å². The monoisotopic (exact) mass is 229 g/mol. The molecule has 0 aromatic heterocycles. The van der Waals surface area contributed by atoms with Crippen molar-refractivity contribution in [2.45, 2.75) is 63.7 Å². The van der Waals surface area contributed by atoms with Gasteiger partial charge in [0.25, 0.3) is 6.26 Å². The van der Waals surface area contributed by atoms with Gasteiger partial charge in [-0.25, -0.2) is 0 Å². The van der Waals surface area contributed by atoms with E-state index in [1.54, 1.807) is 0 Å². The number of rotatable bonds is 8. The van der Waals surface area contributed by atoms with Crippen LogP contribution in [0.25, 0.3) is 0 Å². The number of nitriles is 1. The maximum absolute atomic E-state index is 8.81. The van der Waals surface area contributed by atoms with E-state index in [0.717, 1.165) is 32.1 Å². The predicted molar refractivity (Wildman–Crippen MR) is 66.8 cm³/mol. The highest BCUT2D eigenvalue weighted by Gasteiger charge is 2.38. The van der Waals surface area contributed by atoms with Gasteiger partial charge in [0.2, 0.25) is 0 Å². The Morgan fingerprint density at radius 2 is 1.80 bits per heavy atom. The Bertz CT molecular complexity index is 190. The van der Waals surface area contributed by atoms with E-state index >= 15 is 0 Å². The van der Waals surface area contributed by atoms with Gasteiger partial charge in [0, 0.05) is 5.25 Å². The summed E-state index contributed by atoms with van der Waals surface area (Å²) in [6.07, 6.45) is 9.17. The summed E-state index contributed by atoms with van der Waals surface area (Å²) in [5, 5.41) is 9.24. The minimum absolute atomic E-state index is 0.230. The fraction of sp³-hybridized carbons (Fsp3) is 0.917.